The second-order valence-corrected chi connectivity index (χ2v) is 7.55. The molecule has 0 saturated heterocycles. The van der Waals surface area contributed by atoms with Crippen LogP contribution in [0.3, 0.4) is 0 Å². The van der Waals surface area contributed by atoms with Crippen molar-refractivity contribution in [3.05, 3.63) is 60.3 Å². The van der Waals surface area contributed by atoms with Gasteiger partial charge in [-0.05, 0) is 25.5 Å². The average molecular weight is 298 g/mol. The van der Waals surface area contributed by atoms with Gasteiger partial charge in [-0.3, -0.25) is 0 Å². The fourth-order valence-corrected chi connectivity index (χ4v) is 4.25. The summed E-state index contributed by atoms with van der Waals surface area (Å²) in [5.74, 6) is 0. The zero-order valence-corrected chi connectivity index (χ0v) is 12.3. The van der Waals surface area contributed by atoms with Crippen LogP contribution in [0.2, 0.25) is 0 Å². The van der Waals surface area contributed by atoms with Gasteiger partial charge in [-0.15, -0.1) is 0 Å². The lowest BCUT2D eigenvalue weighted by atomic mass is 10.0. The molecule has 0 radical (unpaired) electrons. The minimum Gasteiger partial charge on any atom is -0.243 e. The van der Waals surface area contributed by atoms with E-state index in [-0.39, 0.29) is 0 Å². The predicted octanol–water partition coefficient (Wildman–Crippen LogP) is 2.97. The van der Waals surface area contributed by atoms with Crippen LogP contribution in [0.4, 0.5) is 0 Å². The number of hydrogen-bond donors (Lipinski definition) is 0. The van der Waals surface area contributed by atoms with Gasteiger partial charge in [0, 0.05) is 11.6 Å². The monoisotopic (exact) mass is 298 g/mol. The highest BCUT2D eigenvalue weighted by molar-refractivity contribution is 7.91. The predicted molar refractivity (Wildman–Crippen MR) is 82.3 cm³/mol. The Hall–Kier alpha value is -2.32. The van der Waals surface area contributed by atoms with Crippen LogP contribution in [0.25, 0.3) is 10.9 Å². The molecule has 2 aromatic rings. The molecule has 4 nitrogen and oxygen atoms in total. The number of rotatable bonds is 2. The van der Waals surface area contributed by atoms with Crippen molar-refractivity contribution in [3.63, 3.8) is 0 Å². The van der Waals surface area contributed by atoms with Crippen molar-refractivity contribution in [3.8, 4) is 6.07 Å². The molecule has 0 N–H and O–H groups in total. The molecule has 5 heteroatoms. The quantitative estimate of drug-likeness (QED) is 0.856. The van der Waals surface area contributed by atoms with Crippen LogP contribution in [0.15, 0.2) is 54.8 Å². The van der Waals surface area contributed by atoms with Crippen molar-refractivity contribution in [1.82, 2.24) is 3.97 Å². The highest BCUT2D eigenvalue weighted by Crippen LogP contribution is 2.32. The third kappa shape index (κ3) is 1.91. The summed E-state index contributed by atoms with van der Waals surface area (Å²) in [4.78, 5) is 0. The van der Waals surface area contributed by atoms with Gasteiger partial charge in [-0.1, -0.05) is 36.4 Å². The molecule has 1 atom stereocenters. The van der Waals surface area contributed by atoms with E-state index in [4.69, 9.17) is 0 Å². The first-order chi connectivity index (χ1) is 9.99. The second kappa shape index (κ2) is 4.61. The largest absolute Gasteiger partial charge is 0.248 e. The molecule has 1 aromatic heterocycles. The van der Waals surface area contributed by atoms with Crippen LogP contribution in [-0.2, 0) is 10.0 Å². The van der Waals surface area contributed by atoms with Crippen molar-refractivity contribution in [2.75, 3.05) is 0 Å². The lowest BCUT2D eigenvalue weighted by Crippen LogP contribution is -2.37. The van der Waals surface area contributed by atoms with Crippen LogP contribution in [0.1, 0.15) is 18.9 Å². The molecule has 0 bridgehead atoms. The highest BCUT2D eigenvalue weighted by atomic mass is 32.2. The van der Waals surface area contributed by atoms with Crippen molar-refractivity contribution in [2.24, 2.45) is 0 Å². The molecule has 1 unspecified atom stereocenters. The van der Waals surface area contributed by atoms with E-state index in [2.05, 4.69) is 6.07 Å². The molecule has 21 heavy (non-hydrogen) atoms. The highest BCUT2D eigenvalue weighted by Gasteiger charge is 2.38. The summed E-state index contributed by atoms with van der Waals surface area (Å²) in [7, 11) is -3.65. The van der Waals surface area contributed by atoms with Gasteiger partial charge in [0.1, 0.15) is 10.8 Å². The average Bonchev–Trinajstić information content (AvgIpc) is 2.92. The van der Waals surface area contributed by atoms with Gasteiger partial charge in [0.05, 0.1) is 11.1 Å². The first kappa shape index (κ1) is 13.7. The number of aromatic nitrogens is 1. The van der Waals surface area contributed by atoms with Crippen LogP contribution < -0.4 is 0 Å². The Kier molecular flexibility index (Phi) is 2.99. The topological polar surface area (TPSA) is 62.9 Å². The maximum Gasteiger partial charge on any atom is 0.248 e. The van der Waals surface area contributed by atoms with Crippen LogP contribution in [0.5, 0.6) is 0 Å². The SMILES string of the molecule is CC1(S(=O)(=O)n2ccc3cccc(C#N)c32)C=CC=CC1. The molecule has 0 spiro atoms. The zero-order valence-electron chi connectivity index (χ0n) is 11.5. The third-order valence-electron chi connectivity index (χ3n) is 3.86. The minimum absolute atomic E-state index is 0.361. The lowest BCUT2D eigenvalue weighted by molar-refractivity contribution is 0.555. The number of benzene rings is 1. The van der Waals surface area contributed by atoms with Gasteiger partial charge in [0.15, 0.2) is 0 Å². The molecule has 1 aliphatic carbocycles. The molecule has 1 heterocycles. The first-order valence-electron chi connectivity index (χ1n) is 6.59. The summed E-state index contributed by atoms with van der Waals surface area (Å²) < 4.78 is 26.3. The Labute approximate surface area is 123 Å². The molecule has 0 fully saturated rings. The smallest absolute Gasteiger partial charge is 0.243 e. The van der Waals surface area contributed by atoms with Gasteiger partial charge in [-0.2, -0.15) is 5.26 Å². The van der Waals surface area contributed by atoms with E-state index < -0.39 is 14.8 Å². The van der Waals surface area contributed by atoms with Gasteiger partial charge in [-0.25, -0.2) is 12.4 Å². The van der Waals surface area contributed by atoms with E-state index in [1.807, 2.05) is 12.2 Å². The van der Waals surface area contributed by atoms with E-state index in [0.29, 0.717) is 17.5 Å². The Morgan fingerprint density at radius 3 is 2.76 bits per heavy atom. The van der Waals surface area contributed by atoms with E-state index in [0.717, 1.165) is 5.39 Å². The maximum atomic E-state index is 13.0. The van der Waals surface area contributed by atoms with E-state index in [1.165, 1.54) is 10.2 Å². The van der Waals surface area contributed by atoms with Crippen LogP contribution in [0, 0.1) is 11.3 Å². The molecule has 0 aliphatic heterocycles. The standard InChI is InChI=1S/C16H14N2O2S/c1-16(9-3-2-4-10-16)21(19,20)18-11-8-13-6-5-7-14(12-17)15(13)18/h2-9,11H,10H2,1H3. The number of para-hydroxylation sites is 1. The van der Waals surface area contributed by atoms with Crippen molar-refractivity contribution < 1.29 is 8.42 Å². The first-order valence-corrected chi connectivity index (χ1v) is 8.03. The summed E-state index contributed by atoms with van der Waals surface area (Å²) >= 11 is 0. The number of fused-ring (bicyclic) bond motifs is 1. The van der Waals surface area contributed by atoms with Crippen molar-refractivity contribution in [1.29, 1.82) is 5.26 Å². The Bertz CT molecular complexity index is 913. The van der Waals surface area contributed by atoms with Gasteiger partial charge in [0.2, 0.25) is 10.0 Å². The number of hydrogen-bond acceptors (Lipinski definition) is 3. The summed E-state index contributed by atoms with van der Waals surface area (Å²) in [5.41, 5.74) is 0.809. The van der Waals surface area contributed by atoms with Gasteiger partial charge >= 0.3 is 0 Å². The fraction of sp³-hybridized carbons (Fsp3) is 0.188. The zero-order chi connectivity index (χ0) is 15.1. The molecule has 0 saturated carbocycles. The molecular formula is C16H14N2O2S. The lowest BCUT2D eigenvalue weighted by Gasteiger charge is -2.27. The van der Waals surface area contributed by atoms with Gasteiger partial charge in [0.25, 0.3) is 0 Å². The molecule has 1 aliphatic rings. The molecule has 1 aromatic carbocycles. The Morgan fingerprint density at radius 1 is 1.29 bits per heavy atom. The summed E-state index contributed by atoms with van der Waals surface area (Å²) in [5, 5.41) is 9.98. The summed E-state index contributed by atoms with van der Waals surface area (Å²) in [6.07, 6.45) is 9.07. The Morgan fingerprint density at radius 2 is 2.10 bits per heavy atom. The van der Waals surface area contributed by atoms with E-state index >= 15 is 0 Å². The normalized spacial score (nSPS) is 21.5. The number of allylic oxidation sites excluding steroid dienone is 3. The van der Waals surface area contributed by atoms with Crippen molar-refractivity contribution >= 4 is 20.9 Å². The molecule has 3 rings (SSSR count). The number of nitrogens with zero attached hydrogens (tertiary/aromatic N) is 2. The number of nitriles is 1. The van der Waals surface area contributed by atoms with E-state index in [9.17, 15) is 13.7 Å². The maximum absolute atomic E-state index is 13.0. The van der Waals surface area contributed by atoms with Crippen LogP contribution >= 0.6 is 0 Å². The fourth-order valence-electron chi connectivity index (χ4n) is 2.58. The molecule has 106 valence electrons. The third-order valence-corrected chi connectivity index (χ3v) is 6.17. The van der Waals surface area contributed by atoms with Gasteiger partial charge < -0.3 is 0 Å². The summed E-state index contributed by atoms with van der Waals surface area (Å²) in [6, 6.07) is 8.98. The Balaban J connectivity index is 2.28. The van der Waals surface area contributed by atoms with Crippen molar-refractivity contribution in [2.45, 2.75) is 18.1 Å². The second-order valence-electron chi connectivity index (χ2n) is 5.28. The summed E-state index contributed by atoms with van der Waals surface area (Å²) in [6.45, 7) is 1.70. The molecule has 0 amide bonds. The van der Waals surface area contributed by atoms with Crippen LogP contribution in [-0.4, -0.2) is 17.1 Å². The molecular weight excluding hydrogens is 284 g/mol. The minimum atomic E-state index is -3.65. The van der Waals surface area contributed by atoms with E-state index in [1.54, 1.807) is 43.3 Å².